The van der Waals surface area contributed by atoms with E-state index in [1.807, 2.05) is 0 Å². The van der Waals surface area contributed by atoms with Gasteiger partial charge in [0.2, 0.25) is 0 Å². The molecule has 0 fully saturated rings. The molecule has 24 heavy (non-hydrogen) atoms. The van der Waals surface area contributed by atoms with E-state index in [0.717, 1.165) is 24.3 Å². The topological polar surface area (TPSA) is 138 Å². The number of carboxylic acids is 1. The van der Waals surface area contributed by atoms with Crippen molar-refractivity contribution in [3.63, 3.8) is 0 Å². The second kappa shape index (κ2) is 5.16. The van der Waals surface area contributed by atoms with E-state index in [9.17, 15) is 29.6 Å². The van der Waals surface area contributed by atoms with Gasteiger partial charge in [-0.2, -0.15) is 0 Å². The second-order valence-electron chi connectivity index (χ2n) is 4.94. The van der Waals surface area contributed by atoms with Crippen LogP contribution in [-0.2, 0) is 0 Å². The molecule has 0 spiro atoms. The minimum Gasteiger partial charge on any atom is -0.506 e. The maximum Gasteiger partial charge on any atom is 0.335 e. The molecule has 0 aliphatic carbocycles. The number of aromatic carboxylic acids is 1. The zero-order valence-corrected chi connectivity index (χ0v) is 11.8. The Labute approximate surface area is 133 Å². The van der Waals surface area contributed by atoms with Crippen molar-refractivity contribution in [1.29, 1.82) is 0 Å². The number of benzene rings is 2. The molecule has 0 bridgehead atoms. The van der Waals surface area contributed by atoms with E-state index in [2.05, 4.69) is 0 Å². The van der Waals surface area contributed by atoms with Gasteiger partial charge >= 0.3 is 5.97 Å². The molecule has 1 heterocycles. The predicted octanol–water partition coefficient (Wildman–Crippen LogP) is 1.80. The second-order valence-corrected chi connectivity index (χ2v) is 4.94. The van der Waals surface area contributed by atoms with Crippen LogP contribution in [0.25, 0.3) is 0 Å². The van der Waals surface area contributed by atoms with Gasteiger partial charge in [-0.1, -0.05) is 0 Å². The number of nitro groups is 1. The maximum atomic E-state index is 12.4. The number of amides is 2. The smallest absolute Gasteiger partial charge is 0.335 e. The summed E-state index contributed by atoms with van der Waals surface area (Å²) < 4.78 is 0. The molecule has 9 heteroatoms. The lowest BCUT2D eigenvalue weighted by atomic mass is 10.1. The number of nitrogens with zero attached hydrogens (tertiary/aromatic N) is 2. The van der Waals surface area contributed by atoms with E-state index in [-0.39, 0.29) is 22.4 Å². The summed E-state index contributed by atoms with van der Waals surface area (Å²) in [6.07, 6.45) is 0. The maximum absolute atomic E-state index is 12.4. The Morgan fingerprint density at radius 2 is 1.71 bits per heavy atom. The van der Waals surface area contributed by atoms with Crippen molar-refractivity contribution in [2.45, 2.75) is 0 Å². The van der Waals surface area contributed by atoms with Crippen LogP contribution in [0.15, 0.2) is 36.4 Å². The Hall–Kier alpha value is -3.75. The van der Waals surface area contributed by atoms with Crippen LogP contribution in [0.2, 0.25) is 0 Å². The molecule has 0 atom stereocenters. The lowest BCUT2D eigenvalue weighted by molar-refractivity contribution is -0.384. The number of carbonyl (C=O) groups excluding carboxylic acids is 2. The summed E-state index contributed by atoms with van der Waals surface area (Å²) in [6, 6.07) is 6.33. The Bertz CT molecular complexity index is 935. The number of hydrogen-bond donors (Lipinski definition) is 2. The Kier molecular flexibility index (Phi) is 3.26. The Morgan fingerprint density at radius 3 is 2.33 bits per heavy atom. The highest BCUT2D eigenvalue weighted by Gasteiger charge is 2.39. The van der Waals surface area contributed by atoms with Crippen molar-refractivity contribution in [2.24, 2.45) is 0 Å². The monoisotopic (exact) mass is 328 g/mol. The quantitative estimate of drug-likeness (QED) is 0.497. The molecule has 1 aliphatic heterocycles. The van der Waals surface area contributed by atoms with Crippen LogP contribution in [0.5, 0.6) is 5.75 Å². The zero-order chi connectivity index (χ0) is 17.6. The number of rotatable bonds is 3. The summed E-state index contributed by atoms with van der Waals surface area (Å²) in [5.41, 5.74) is -1.13. The molecule has 2 aromatic carbocycles. The number of carbonyl (C=O) groups is 3. The first-order valence-electron chi connectivity index (χ1n) is 6.55. The average molecular weight is 328 g/mol. The number of phenols is 1. The normalized spacial score (nSPS) is 13.1. The van der Waals surface area contributed by atoms with E-state index < -0.39 is 34.1 Å². The van der Waals surface area contributed by atoms with E-state index in [0.29, 0.717) is 4.90 Å². The SMILES string of the molecule is O=C(O)c1ccc2c(c1)C(=O)N(c1cc([N+](=O)[O-])ccc1O)C2=O. The van der Waals surface area contributed by atoms with Gasteiger partial charge in [-0.3, -0.25) is 19.7 Å². The van der Waals surface area contributed by atoms with E-state index in [1.54, 1.807) is 0 Å². The molecule has 0 saturated carbocycles. The summed E-state index contributed by atoms with van der Waals surface area (Å²) in [6.45, 7) is 0. The number of imide groups is 1. The van der Waals surface area contributed by atoms with Crippen molar-refractivity contribution in [3.8, 4) is 5.75 Å². The van der Waals surface area contributed by atoms with Gasteiger partial charge < -0.3 is 10.2 Å². The van der Waals surface area contributed by atoms with E-state index in [4.69, 9.17) is 5.11 Å². The first kappa shape index (κ1) is 15.2. The first-order chi connectivity index (χ1) is 11.3. The number of anilines is 1. The summed E-state index contributed by atoms with van der Waals surface area (Å²) in [5.74, 6) is -3.43. The third-order valence-corrected chi connectivity index (χ3v) is 3.54. The Balaban J connectivity index is 2.13. The highest BCUT2D eigenvalue weighted by Crippen LogP contribution is 2.36. The number of nitro benzene ring substituents is 1. The highest BCUT2D eigenvalue weighted by molar-refractivity contribution is 6.35. The largest absolute Gasteiger partial charge is 0.506 e. The Morgan fingerprint density at radius 1 is 1.04 bits per heavy atom. The van der Waals surface area contributed by atoms with Crippen molar-refractivity contribution in [2.75, 3.05) is 4.90 Å². The number of hydrogen-bond acceptors (Lipinski definition) is 6. The fraction of sp³-hybridized carbons (Fsp3) is 0. The molecule has 1 aliphatic rings. The van der Waals surface area contributed by atoms with Crippen LogP contribution >= 0.6 is 0 Å². The van der Waals surface area contributed by atoms with Crippen LogP contribution in [0.3, 0.4) is 0 Å². The summed E-state index contributed by atoms with van der Waals surface area (Å²) in [5, 5.41) is 29.7. The first-order valence-corrected chi connectivity index (χ1v) is 6.55. The summed E-state index contributed by atoms with van der Waals surface area (Å²) in [4.78, 5) is 46.5. The molecule has 0 aromatic heterocycles. The van der Waals surface area contributed by atoms with Crippen molar-refractivity contribution in [3.05, 3.63) is 63.2 Å². The fourth-order valence-corrected chi connectivity index (χ4v) is 2.40. The summed E-state index contributed by atoms with van der Waals surface area (Å²) in [7, 11) is 0. The molecular weight excluding hydrogens is 320 g/mol. The zero-order valence-electron chi connectivity index (χ0n) is 11.8. The number of non-ortho nitro benzene ring substituents is 1. The van der Waals surface area contributed by atoms with Crippen LogP contribution in [0.4, 0.5) is 11.4 Å². The highest BCUT2D eigenvalue weighted by atomic mass is 16.6. The van der Waals surface area contributed by atoms with Gasteiger partial charge in [-0.05, 0) is 24.3 Å². The number of phenolic OH excluding ortho intramolecular Hbond substituents is 1. The standard InChI is InChI=1S/C15H8N2O7/c18-12-4-2-8(17(23)24)6-11(12)16-13(19)9-3-1-7(15(21)22)5-10(9)14(16)20/h1-6,18H,(H,21,22). The molecular formula is C15H8N2O7. The van der Waals surface area contributed by atoms with Gasteiger partial charge in [0, 0.05) is 12.1 Å². The van der Waals surface area contributed by atoms with Crippen molar-refractivity contribution < 1.29 is 29.5 Å². The van der Waals surface area contributed by atoms with Crippen LogP contribution in [0.1, 0.15) is 31.1 Å². The third kappa shape index (κ3) is 2.15. The minimum atomic E-state index is -1.27. The van der Waals surface area contributed by atoms with Crippen LogP contribution in [-0.4, -0.2) is 32.9 Å². The fourth-order valence-electron chi connectivity index (χ4n) is 2.40. The summed E-state index contributed by atoms with van der Waals surface area (Å²) >= 11 is 0. The average Bonchev–Trinajstić information content (AvgIpc) is 2.79. The molecule has 0 saturated heterocycles. The number of aromatic hydroxyl groups is 1. The van der Waals surface area contributed by atoms with E-state index in [1.165, 1.54) is 12.1 Å². The van der Waals surface area contributed by atoms with Crippen molar-refractivity contribution >= 4 is 29.2 Å². The third-order valence-electron chi connectivity index (χ3n) is 3.54. The molecule has 9 nitrogen and oxygen atoms in total. The van der Waals surface area contributed by atoms with Gasteiger partial charge in [0.05, 0.1) is 21.6 Å². The van der Waals surface area contributed by atoms with Gasteiger partial charge in [-0.15, -0.1) is 0 Å². The van der Waals surface area contributed by atoms with Crippen LogP contribution in [0, 0.1) is 10.1 Å². The molecule has 0 unspecified atom stereocenters. The molecule has 3 rings (SSSR count). The van der Waals surface area contributed by atoms with Crippen LogP contribution < -0.4 is 4.90 Å². The molecule has 2 N–H and O–H groups in total. The van der Waals surface area contributed by atoms with E-state index >= 15 is 0 Å². The predicted molar refractivity (Wildman–Crippen MR) is 79.3 cm³/mol. The lowest BCUT2D eigenvalue weighted by Crippen LogP contribution is -2.29. The van der Waals surface area contributed by atoms with Gasteiger partial charge in [0.25, 0.3) is 17.5 Å². The number of fused-ring (bicyclic) bond motifs is 1. The van der Waals surface area contributed by atoms with Gasteiger partial charge in [0.1, 0.15) is 11.4 Å². The van der Waals surface area contributed by atoms with Crippen molar-refractivity contribution in [1.82, 2.24) is 0 Å². The lowest BCUT2D eigenvalue weighted by Gasteiger charge is -2.14. The molecule has 120 valence electrons. The van der Waals surface area contributed by atoms with Gasteiger partial charge in [-0.25, -0.2) is 9.69 Å². The van der Waals surface area contributed by atoms with Gasteiger partial charge in [0.15, 0.2) is 0 Å². The molecule has 2 amide bonds. The molecule has 2 aromatic rings. The number of carboxylic acid groups (broad SMARTS) is 1. The molecule has 0 radical (unpaired) electrons. The minimum absolute atomic E-state index is 0.0455.